The zero-order chi connectivity index (χ0) is 8.27. The van der Waals surface area contributed by atoms with E-state index in [-0.39, 0.29) is 0 Å². The van der Waals surface area contributed by atoms with Gasteiger partial charge in [-0.3, -0.25) is 0 Å². The van der Waals surface area contributed by atoms with Gasteiger partial charge < -0.3 is 0 Å². The second-order valence-corrected chi connectivity index (χ2v) is 4.37. The summed E-state index contributed by atoms with van der Waals surface area (Å²) in [6.07, 6.45) is 4.33. The molecular weight excluding hydrogens is 152 g/mol. The topological polar surface area (TPSA) is 0 Å². The number of hydrogen-bond acceptors (Lipinski definition) is 1. The first-order valence-electron chi connectivity index (χ1n) is 4.16. The molecule has 1 aliphatic heterocycles. The maximum atomic E-state index is 3.84. The van der Waals surface area contributed by atoms with E-state index in [2.05, 4.69) is 26.5 Å². The van der Waals surface area contributed by atoms with Gasteiger partial charge in [0.05, 0.1) is 0 Å². The fraction of sp³-hybridized carbons (Fsp3) is 0.600. The third kappa shape index (κ3) is 2.13. The highest BCUT2D eigenvalue weighted by atomic mass is 32.2. The van der Waals surface area contributed by atoms with Crippen molar-refractivity contribution in [3.63, 3.8) is 0 Å². The molecular formula is C10H16S. The molecule has 1 aliphatic rings. The van der Waals surface area contributed by atoms with Crippen molar-refractivity contribution in [2.45, 2.75) is 13.8 Å². The number of hydrogen-bond donors (Lipinski definition) is 0. The molecule has 0 radical (unpaired) electrons. The SMILES string of the molecule is C=CC1=CCSCC1C(C)C. The van der Waals surface area contributed by atoms with E-state index < -0.39 is 0 Å². The third-order valence-corrected chi connectivity index (χ3v) is 3.20. The lowest BCUT2D eigenvalue weighted by Crippen LogP contribution is -2.16. The first-order chi connectivity index (χ1) is 5.25. The van der Waals surface area contributed by atoms with Crippen LogP contribution in [0.2, 0.25) is 0 Å². The fourth-order valence-corrected chi connectivity index (χ4v) is 2.69. The van der Waals surface area contributed by atoms with E-state index in [9.17, 15) is 0 Å². The monoisotopic (exact) mass is 168 g/mol. The Kier molecular flexibility index (Phi) is 3.25. The fourth-order valence-electron chi connectivity index (χ4n) is 1.41. The summed E-state index contributed by atoms with van der Waals surface area (Å²) in [6, 6.07) is 0. The van der Waals surface area contributed by atoms with Crippen LogP contribution in [0.4, 0.5) is 0 Å². The van der Waals surface area contributed by atoms with Gasteiger partial charge in [-0.1, -0.05) is 32.6 Å². The van der Waals surface area contributed by atoms with Crippen LogP contribution in [0.5, 0.6) is 0 Å². The quantitative estimate of drug-likeness (QED) is 0.610. The van der Waals surface area contributed by atoms with Crippen LogP contribution in [0, 0.1) is 11.8 Å². The third-order valence-electron chi connectivity index (χ3n) is 2.20. The van der Waals surface area contributed by atoms with Crippen LogP contribution in [-0.4, -0.2) is 11.5 Å². The largest absolute Gasteiger partial charge is 0.157 e. The Balaban J connectivity index is 2.69. The maximum Gasteiger partial charge on any atom is 0.0119 e. The normalized spacial score (nSPS) is 25.0. The lowest BCUT2D eigenvalue weighted by Gasteiger charge is -2.25. The Bertz CT molecular complexity index is 168. The molecule has 0 saturated carbocycles. The first-order valence-corrected chi connectivity index (χ1v) is 5.31. The average Bonchev–Trinajstić information content (AvgIpc) is 2.04. The summed E-state index contributed by atoms with van der Waals surface area (Å²) < 4.78 is 0. The second-order valence-electron chi connectivity index (χ2n) is 3.30. The minimum Gasteiger partial charge on any atom is -0.157 e. The molecule has 0 aromatic heterocycles. The second kappa shape index (κ2) is 4.01. The van der Waals surface area contributed by atoms with Gasteiger partial charge in [-0.05, 0) is 17.4 Å². The van der Waals surface area contributed by atoms with Crippen molar-refractivity contribution in [2.24, 2.45) is 11.8 Å². The highest BCUT2D eigenvalue weighted by Gasteiger charge is 2.18. The van der Waals surface area contributed by atoms with Gasteiger partial charge in [0.15, 0.2) is 0 Å². The molecule has 0 aromatic rings. The van der Waals surface area contributed by atoms with Gasteiger partial charge in [0.2, 0.25) is 0 Å². The summed E-state index contributed by atoms with van der Waals surface area (Å²) in [7, 11) is 0. The number of allylic oxidation sites excluding steroid dienone is 2. The first kappa shape index (κ1) is 8.92. The standard InChI is InChI=1S/C10H16S/c1-4-9-5-6-11-7-10(9)8(2)3/h4-5,8,10H,1,6-7H2,2-3H3. The smallest absolute Gasteiger partial charge is 0.0119 e. The summed E-state index contributed by atoms with van der Waals surface area (Å²) in [6.45, 7) is 8.41. The summed E-state index contributed by atoms with van der Waals surface area (Å²) >= 11 is 2.03. The Morgan fingerprint density at radius 3 is 2.91 bits per heavy atom. The van der Waals surface area contributed by atoms with Crippen LogP contribution in [0.1, 0.15) is 13.8 Å². The number of rotatable bonds is 2. The molecule has 0 nitrogen and oxygen atoms in total. The van der Waals surface area contributed by atoms with Crippen molar-refractivity contribution in [1.82, 2.24) is 0 Å². The molecule has 0 spiro atoms. The summed E-state index contributed by atoms with van der Waals surface area (Å²) in [4.78, 5) is 0. The minimum atomic E-state index is 0.742. The molecule has 62 valence electrons. The number of thioether (sulfide) groups is 1. The van der Waals surface area contributed by atoms with Gasteiger partial charge in [-0.25, -0.2) is 0 Å². The zero-order valence-corrected chi connectivity index (χ0v) is 8.16. The Morgan fingerprint density at radius 1 is 1.73 bits per heavy atom. The molecule has 1 unspecified atom stereocenters. The Hall–Kier alpha value is -0.170. The van der Waals surface area contributed by atoms with E-state index in [0.717, 1.165) is 11.8 Å². The molecule has 0 bridgehead atoms. The van der Waals surface area contributed by atoms with Crippen LogP contribution in [-0.2, 0) is 0 Å². The molecule has 1 rings (SSSR count). The van der Waals surface area contributed by atoms with Gasteiger partial charge in [0.1, 0.15) is 0 Å². The van der Waals surface area contributed by atoms with Gasteiger partial charge in [0, 0.05) is 11.5 Å². The molecule has 0 aromatic carbocycles. The average molecular weight is 168 g/mol. The van der Waals surface area contributed by atoms with Crippen molar-refractivity contribution < 1.29 is 0 Å². The molecule has 0 N–H and O–H groups in total. The van der Waals surface area contributed by atoms with Gasteiger partial charge >= 0.3 is 0 Å². The molecule has 0 fully saturated rings. The highest BCUT2D eigenvalue weighted by Crippen LogP contribution is 2.29. The lowest BCUT2D eigenvalue weighted by atomic mass is 9.89. The van der Waals surface area contributed by atoms with Crippen LogP contribution < -0.4 is 0 Å². The predicted molar refractivity (Wildman–Crippen MR) is 53.9 cm³/mol. The lowest BCUT2D eigenvalue weighted by molar-refractivity contribution is 0.493. The maximum absolute atomic E-state index is 3.84. The van der Waals surface area contributed by atoms with Crippen LogP contribution in [0.25, 0.3) is 0 Å². The van der Waals surface area contributed by atoms with Crippen LogP contribution in [0.3, 0.4) is 0 Å². The minimum absolute atomic E-state index is 0.742. The van der Waals surface area contributed by atoms with Crippen molar-refractivity contribution in [2.75, 3.05) is 11.5 Å². The van der Waals surface area contributed by atoms with E-state index >= 15 is 0 Å². The van der Waals surface area contributed by atoms with Crippen molar-refractivity contribution >= 4 is 11.8 Å². The molecule has 0 amide bonds. The molecule has 11 heavy (non-hydrogen) atoms. The van der Waals surface area contributed by atoms with Gasteiger partial charge in [-0.15, -0.1) is 0 Å². The summed E-state index contributed by atoms with van der Waals surface area (Å²) in [5, 5.41) is 0. The molecule has 1 heterocycles. The van der Waals surface area contributed by atoms with Gasteiger partial charge in [0.25, 0.3) is 0 Å². The van der Waals surface area contributed by atoms with Gasteiger partial charge in [-0.2, -0.15) is 11.8 Å². The summed E-state index contributed by atoms with van der Waals surface area (Å²) in [5.74, 6) is 3.94. The molecule has 0 saturated heterocycles. The van der Waals surface area contributed by atoms with E-state index in [4.69, 9.17) is 0 Å². The van der Waals surface area contributed by atoms with E-state index in [1.54, 1.807) is 0 Å². The van der Waals surface area contributed by atoms with E-state index in [1.807, 2.05) is 17.8 Å². The van der Waals surface area contributed by atoms with E-state index in [1.165, 1.54) is 17.1 Å². The summed E-state index contributed by atoms with van der Waals surface area (Å²) in [5.41, 5.74) is 1.46. The molecule has 1 heteroatoms. The van der Waals surface area contributed by atoms with Crippen molar-refractivity contribution in [3.8, 4) is 0 Å². The van der Waals surface area contributed by atoms with E-state index in [0.29, 0.717) is 0 Å². The van der Waals surface area contributed by atoms with Crippen LogP contribution in [0.15, 0.2) is 24.3 Å². The molecule has 1 atom stereocenters. The Labute approximate surface area is 73.8 Å². The van der Waals surface area contributed by atoms with Crippen LogP contribution >= 0.6 is 11.8 Å². The zero-order valence-electron chi connectivity index (χ0n) is 7.34. The predicted octanol–water partition coefficient (Wildman–Crippen LogP) is 3.12. The van der Waals surface area contributed by atoms with Crippen molar-refractivity contribution in [1.29, 1.82) is 0 Å². The molecule has 0 aliphatic carbocycles. The Morgan fingerprint density at radius 2 is 2.45 bits per heavy atom. The highest BCUT2D eigenvalue weighted by molar-refractivity contribution is 7.99. The van der Waals surface area contributed by atoms with Crippen molar-refractivity contribution in [3.05, 3.63) is 24.3 Å².